The van der Waals surface area contributed by atoms with E-state index in [1.807, 2.05) is 62.5 Å². The topological polar surface area (TPSA) is 22.1 Å². The summed E-state index contributed by atoms with van der Waals surface area (Å²) in [4.78, 5) is 4.47. The van der Waals surface area contributed by atoms with E-state index in [-0.39, 0.29) is 0 Å². The molecule has 0 unspecified atom stereocenters. The van der Waals surface area contributed by atoms with Crippen LogP contribution in [0, 0.1) is 6.92 Å². The van der Waals surface area contributed by atoms with Crippen LogP contribution in [-0.4, -0.2) is 4.98 Å². The molecule has 146 valence electrons. The molecular formula is C27H27NO. The van der Waals surface area contributed by atoms with Gasteiger partial charge in [-0.2, -0.15) is 0 Å². The number of benzene rings is 2. The minimum Gasteiger partial charge on any atom is -0.457 e. The standard InChI is InChI=1S/C27H27NO/c1-6-20(4)16-25(19(2)3)22-10-9-11-23(17-22)29-24-14-13-21(5)26(18-24)27-12-7-8-15-28-27/h6-18H,2H2,1,3-5H3/b20-6-,25-16+. The van der Waals surface area contributed by atoms with Crippen LogP contribution in [0.25, 0.3) is 16.8 Å². The molecule has 0 radical (unpaired) electrons. The van der Waals surface area contributed by atoms with Gasteiger partial charge in [0.1, 0.15) is 11.5 Å². The van der Waals surface area contributed by atoms with Crippen molar-refractivity contribution >= 4 is 5.57 Å². The zero-order chi connectivity index (χ0) is 20.8. The average Bonchev–Trinajstić information content (AvgIpc) is 2.73. The fourth-order valence-electron chi connectivity index (χ4n) is 3.09. The second-order valence-corrected chi connectivity index (χ2v) is 7.19. The van der Waals surface area contributed by atoms with E-state index in [0.29, 0.717) is 0 Å². The molecule has 3 rings (SSSR count). The van der Waals surface area contributed by atoms with Crippen LogP contribution >= 0.6 is 0 Å². The van der Waals surface area contributed by atoms with Crippen molar-refractivity contribution in [1.29, 1.82) is 0 Å². The van der Waals surface area contributed by atoms with Crippen molar-refractivity contribution in [2.45, 2.75) is 27.7 Å². The van der Waals surface area contributed by atoms with Gasteiger partial charge in [0.25, 0.3) is 0 Å². The molecule has 1 heterocycles. The van der Waals surface area contributed by atoms with E-state index in [2.05, 4.69) is 55.8 Å². The number of aryl methyl sites for hydroxylation is 1. The van der Waals surface area contributed by atoms with Crippen LogP contribution in [0.15, 0.2) is 96.7 Å². The highest BCUT2D eigenvalue weighted by Crippen LogP contribution is 2.31. The molecule has 0 saturated heterocycles. The molecular weight excluding hydrogens is 354 g/mol. The SMILES string of the molecule is C=C(C)/C(=C\C(C)=C/C)c1cccc(Oc2ccc(C)c(-c3ccccn3)c2)c1. The van der Waals surface area contributed by atoms with Crippen molar-refractivity contribution in [3.8, 4) is 22.8 Å². The van der Waals surface area contributed by atoms with Crippen LogP contribution in [0.4, 0.5) is 0 Å². The highest BCUT2D eigenvalue weighted by Gasteiger charge is 2.08. The fourth-order valence-corrected chi connectivity index (χ4v) is 3.09. The molecule has 0 spiro atoms. The van der Waals surface area contributed by atoms with Crippen molar-refractivity contribution in [1.82, 2.24) is 4.98 Å². The van der Waals surface area contributed by atoms with E-state index in [9.17, 15) is 0 Å². The second-order valence-electron chi connectivity index (χ2n) is 7.19. The monoisotopic (exact) mass is 381 g/mol. The zero-order valence-electron chi connectivity index (χ0n) is 17.6. The summed E-state index contributed by atoms with van der Waals surface area (Å²) in [6.07, 6.45) is 6.06. The quantitative estimate of drug-likeness (QED) is 0.407. The number of hydrogen-bond acceptors (Lipinski definition) is 2. The van der Waals surface area contributed by atoms with Crippen molar-refractivity contribution in [3.05, 3.63) is 108 Å². The molecule has 0 N–H and O–H groups in total. The van der Waals surface area contributed by atoms with E-state index in [0.717, 1.165) is 39.5 Å². The lowest BCUT2D eigenvalue weighted by molar-refractivity contribution is 0.482. The highest BCUT2D eigenvalue weighted by molar-refractivity contribution is 5.80. The van der Waals surface area contributed by atoms with E-state index < -0.39 is 0 Å². The number of allylic oxidation sites excluding steroid dienone is 5. The molecule has 2 nitrogen and oxygen atoms in total. The first-order valence-corrected chi connectivity index (χ1v) is 9.79. The van der Waals surface area contributed by atoms with E-state index >= 15 is 0 Å². The molecule has 0 fully saturated rings. The van der Waals surface area contributed by atoms with Gasteiger partial charge in [-0.15, -0.1) is 0 Å². The molecule has 0 aliphatic heterocycles. The van der Waals surface area contributed by atoms with Gasteiger partial charge >= 0.3 is 0 Å². The summed E-state index contributed by atoms with van der Waals surface area (Å²) in [5.41, 5.74) is 7.62. The molecule has 0 atom stereocenters. The Labute approximate surface area is 173 Å². The molecule has 0 aliphatic carbocycles. The number of aromatic nitrogens is 1. The predicted molar refractivity (Wildman–Crippen MR) is 123 cm³/mol. The minimum atomic E-state index is 0.791. The molecule has 1 aromatic heterocycles. The number of pyridine rings is 1. The van der Waals surface area contributed by atoms with Crippen LogP contribution in [0.5, 0.6) is 11.5 Å². The maximum Gasteiger partial charge on any atom is 0.128 e. The molecule has 29 heavy (non-hydrogen) atoms. The minimum absolute atomic E-state index is 0.791. The van der Waals surface area contributed by atoms with Gasteiger partial charge in [-0.05, 0) is 80.8 Å². The van der Waals surface area contributed by atoms with Gasteiger partial charge in [-0.3, -0.25) is 4.98 Å². The summed E-state index contributed by atoms with van der Waals surface area (Å²) < 4.78 is 6.20. The molecule has 2 aromatic carbocycles. The normalized spacial score (nSPS) is 12.0. The summed E-state index contributed by atoms with van der Waals surface area (Å²) >= 11 is 0. The summed E-state index contributed by atoms with van der Waals surface area (Å²) in [6.45, 7) is 12.4. The van der Waals surface area contributed by atoms with Crippen LogP contribution in [-0.2, 0) is 0 Å². The summed E-state index contributed by atoms with van der Waals surface area (Å²) in [5, 5.41) is 0. The first-order chi connectivity index (χ1) is 14.0. The largest absolute Gasteiger partial charge is 0.457 e. The molecule has 0 bridgehead atoms. The van der Waals surface area contributed by atoms with Gasteiger partial charge in [0.2, 0.25) is 0 Å². The van der Waals surface area contributed by atoms with Crippen molar-refractivity contribution in [2.75, 3.05) is 0 Å². The Kier molecular flexibility index (Phi) is 6.46. The van der Waals surface area contributed by atoms with E-state index in [1.54, 1.807) is 0 Å². The Balaban J connectivity index is 1.93. The number of ether oxygens (including phenoxy) is 1. The summed E-state index contributed by atoms with van der Waals surface area (Å²) in [6, 6.07) is 20.2. The van der Waals surface area contributed by atoms with Crippen LogP contribution < -0.4 is 4.74 Å². The van der Waals surface area contributed by atoms with Gasteiger partial charge in [-0.25, -0.2) is 0 Å². The third kappa shape index (κ3) is 5.11. The maximum atomic E-state index is 6.20. The number of hydrogen-bond donors (Lipinski definition) is 0. The Morgan fingerprint density at radius 1 is 0.966 bits per heavy atom. The van der Waals surface area contributed by atoms with Crippen LogP contribution in [0.3, 0.4) is 0 Å². The van der Waals surface area contributed by atoms with Crippen molar-refractivity contribution in [2.24, 2.45) is 0 Å². The van der Waals surface area contributed by atoms with Gasteiger partial charge in [0.15, 0.2) is 0 Å². The summed E-state index contributed by atoms with van der Waals surface area (Å²) in [7, 11) is 0. The second kappa shape index (κ2) is 9.20. The Morgan fingerprint density at radius 3 is 2.45 bits per heavy atom. The Morgan fingerprint density at radius 2 is 1.76 bits per heavy atom. The van der Waals surface area contributed by atoms with Crippen molar-refractivity contribution in [3.63, 3.8) is 0 Å². The van der Waals surface area contributed by atoms with Gasteiger partial charge in [0, 0.05) is 11.8 Å². The highest BCUT2D eigenvalue weighted by atomic mass is 16.5. The zero-order valence-corrected chi connectivity index (χ0v) is 17.6. The lowest BCUT2D eigenvalue weighted by Crippen LogP contribution is -1.91. The molecule has 2 heteroatoms. The predicted octanol–water partition coefficient (Wildman–Crippen LogP) is 7.78. The smallest absolute Gasteiger partial charge is 0.128 e. The van der Waals surface area contributed by atoms with Gasteiger partial charge < -0.3 is 4.74 Å². The molecule has 0 saturated carbocycles. The third-order valence-corrected chi connectivity index (χ3v) is 4.82. The lowest BCUT2D eigenvalue weighted by Gasteiger charge is -2.13. The average molecular weight is 382 g/mol. The van der Waals surface area contributed by atoms with E-state index in [4.69, 9.17) is 4.74 Å². The van der Waals surface area contributed by atoms with Crippen LogP contribution in [0.1, 0.15) is 31.9 Å². The summed E-state index contributed by atoms with van der Waals surface area (Å²) in [5.74, 6) is 1.59. The van der Waals surface area contributed by atoms with E-state index in [1.165, 1.54) is 11.1 Å². The third-order valence-electron chi connectivity index (χ3n) is 4.82. The Bertz CT molecular complexity index is 1070. The first-order valence-electron chi connectivity index (χ1n) is 9.79. The van der Waals surface area contributed by atoms with Gasteiger partial charge in [0.05, 0.1) is 5.69 Å². The molecule has 0 amide bonds. The number of rotatable bonds is 6. The fraction of sp³-hybridized carbons (Fsp3) is 0.148. The Hall–Kier alpha value is -3.39. The van der Waals surface area contributed by atoms with Gasteiger partial charge in [-0.1, -0.05) is 54.1 Å². The molecule has 3 aromatic rings. The lowest BCUT2D eigenvalue weighted by atomic mass is 9.97. The first kappa shape index (κ1) is 20.3. The maximum absolute atomic E-state index is 6.20. The van der Waals surface area contributed by atoms with Crippen molar-refractivity contribution < 1.29 is 4.74 Å². The van der Waals surface area contributed by atoms with Crippen LogP contribution in [0.2, 0.25) is 0 Å². The number of nitrogens with zero attached hydrogens (tertiary/aromatic N) is 1. The molecule has 0 aliphatic rings.